The third-order valence-electron chi connectivity index (χ3n) is 4.48. The Morgan fingerprint density at radius 1 is 1.18 bits per heavy atom. The van der Waals surface area contributed by atoms with E-state index in [2.05, 4.69) is 44.3 Å². The molecule has 0 aliphatic heterocycles. The van der Waals surface area contributed by atoms with Crippen molar-refractivity contribution in [1.29, 1.82) is 0 Å². The molecule has 0 spiro atoms. The molecule has 1 saturated carbocycles. The summed E-state index contributed by atoms with van der Waals surface area (Å²) in [4.78, 5) is 17.3. The second-order valence-corrected chi connectivity index (χ2v) is 5.79. The highest BCUT2D eigenvalue weighted by molar-refractivity contribution is 5.82. The molecule has 0 radical (unpaired) electrons. The Labute approximate surface area is 128 Å². The molecule has 112 valence electrons. The Balaban J connectivity index is 1.59. The number of anilines is 1. The van der Waals surface area contributed by atoms with E-state index < -0.39 is 0 Å². The lowest BCUT2D eigenvalue weighted by atomic mass is 9.97. The molecule has 3 aromatic rings. The van der Waals surface area contributed by atoms with Gasteiger partial charge in [0.1, 0.15) is 11.8 Å². The van der Waals surface area contributed by atoms with Crippen LogP contribution in [0.2, 0.25) is 0 Å². The first-order valence-electron chi connectivity index (χ1n) is 7.63. The lowest BCUT2D eigenvalue weighted by molar-refractivity contribution is 0.728. The van der Waals surface area contributed by atoms with Crippen LogP contribution in [0.15, 0.2) is 37.2 Å². The minimum atomic E-state index is 0.216. The highest BCUT2D eigenvalue weighted by Gasteiger charge is 2.44. The van der Waals surface area contributed by atoms with E-state index in [4.69, 9.17) is 0 Å². The molecule has 1 N–H and O–H groups in total. The van der Waals surface area contributed by atoms with Crippen LogP contribution in [-0.2, 0) is 12.0 Å². The van der Waals surface area contributed by atoms with Gasteiger partial charge in [0, 0.05) is 30.9 Å². The van der Waals surface area contributed by atoms with Gasteiger partial charge in [-0.05, 0) is 37.5 Å². The number of nitrogens with zero attached hydrogens (tertiary/aromatic N) is 5. The highest BCUT2D eigenvalue weighted by Crippen LogP contribution is 2.48. The number of imidazole rings is 1. The lowest BCUT2D eigenvalue weighted by Crippen LogP contribution is -2.20. The zero-order valence-corrected chi connectivity index (χ0v) is 12.5. The van der Waals surface area contributed by atoms with Gasteiger partial charge < -0.3 is 9.88 Å². The van der Waals surface area contributed by atoms with Gasteiger partial charge in [-0.1, -0.05) is 0 Å². The van der Waals surface area contributed by atoms with Gasteiger partial charge in [0.05, 0.1) is 6.33 Å². The zero-order valence-electron chi connectivity index (χ0n) is 12.5. The molecule has 0 atom stereocenters. The standard InChI is InChI=1S/C16H18N6/c1-2-22-11-21-13-14(19-10-20-15(13)22)18-9-16(5-6-16)12-3-7-17-8-4-12/h3-4,7-8,10-11H,2,5-6,9H2,1H3,(H,18,19,20). The van der Waals surface area contributed by atoms with Crippen molar-refractivity contribution in [3.63, 3.8) is 0 Å². The van der Waals surface area contributed by atoms with E-state index in [0.29, 0.717) is 0 Å². The summed E-state index contributed by atoms with van der Waals surface area (Å²) in [5.41, 5.74) is 3.29. The molecule has 1 aliphatic carbocycles. The predicted molar refractivity (Wildman–Crippen MR) is 84.6 cm³/mol. The van der Waals surface area contributed by atoms with Crippen LogP contribution in [0, 0.1) is 0 Å². The Hall–Kier alpha value is -2.50. The molecule has 1 aliphatic rings. The van der Waals surface area contributed by atoms with Crippen LogP contribution < -0.4 is 5.32 Å². The fraction of sp³-hybridized carbons (Fsp3) is 0.375. The molecule has 6 nitrogen and oxygen atoms in total. The van der Waals surface area contributed by atoms with Crippen molar-refractivity contribution in [3.8, 4) is 0 Å². The molecule has 0 bridgehead atoms. The summed E-state index contributed by atoms with van der Waals surface area (Å²) in [6, 6.07) is 4.21. The summed E-state index contributed by atoms with van der Waals surface area (Å²) >= 11 is 0. The zero-order chi connectivity index (χ0) is 15.0. The summed E-state index contributed by atoms with van der Waals surface area (Å²) < 4.78 is 2.03. The van der Waals surface area contributed by atoms with Gasteiger partial charge in [-0.3, -0.25) is 4.98 Å². The first-order valence-corrected chi connectivity index (χ1v) is 7.63. The molecule has 22 heavy (non-hydrogen) atoms. The van der Waals surface area contributed by atoms with Crippen LogP contribution in [0.25, 0.3) is 11.2 Å². The van der Waals surface area contributed by atoms with E-state index in [1.165, 1.54) is 18.4 Å². The summed E-state index contributed by atoms with van der Waals surface area (Å²) in [6.07, 6.45) is 9.54. The monoisotopic (exact) mass is 294 g/mol. The van der Waals surface area contributed by atoms with Crippen molar-refractivity contribution in [2.24, 2.45) is 0 Å². The number of aryl methyl sites for hydroxylation is 1. The van der Waals surface area contributed by atoms with Crippen molar-refractivity contribution in [1.82, 2.24) is 24.5 Å². The second kappa shape index (κ2) is 5.05. The van der Waals surface area contributed by atoms with Gasteiger partial charge in [-0.2, -0.15) is 0 Å². The second-order valence-electron chi connectivity index (χ2n) is 5.79. The number of aromatic nitrogens is 5. The molecule has 0 saturated heterocycles. The molecule has 6 heteroatoms. The van der Waals surface area contributed by atoms with Crippen LogP contribution in [0.1, 0.15) is 25.3 Å². The van der Waals surface area contributed by atoms with Crippen LogP contribution in [-0.4, -0.2) is 31.0 Å². The maximum absolute atomic E-state index is 4.45. The third-order valence-corrected chi connectivity index (χ3v) is 4.48. The first kappa shape index (κ1) is 13.2. The molecule has 0 amide bonds. The Kier molecular flexibility index (Phi) is 3.03. The van der Waals surface area contributed by atoms with E-state index in [1.807, 2.05) is 23.3 Å². The normalized spacial score (nSPS) is 15.9. The predicted octanol–water partition coefficient (Wildman–Crippen LogP) is 2.38. The summed E-state index contributed by atoms with van der Waals surface area (Å²) in [5.74, 6) is 0.817. The molecule has 0 unspecified atom stereocenters. The number of fused-ring (bicyclic) bond motifs is 1. The number of hydrogen-bond donors (Lipinski definition) is 1. The minimum Gasteiger partial charge on any atom is -0.367 e. The van der Waals surface area contributed by atoms with E-state index in [0.717, 1.165) is 30.1 Å². The molecular formula is C16H18N6. The van der Waals surface area contributed by atoms with Crippen LogP contribution in [0.3, 0.4) is 0 Å². The van der Waals surface area contributed by atoms with E-state index in [1.54, 1.807) is 6.33 Å². The van der Waals surface area contributed by atoms with Crippen molar-refractivity contribution >= 4 is 17.0 Å². The van der Waals surface area contributed by atoms with E-state index in [9.17, 15) is 0 Å². The minimum absolute atomic E-state index is 0.216. The van der Waals surface area contributed by atoms with Crippen molar-refractivity contribution in [2.75, 3.05) is 11.9 Å². The summed E-state index contributed by atoms with van der Waals surface area (Å²) in [7, 11) is 0. The molecule has 3 heterocycles. The van der Waals surface area contributed by atoms with E-state index >= 15 is 0 Å². The first-order chi connectivity index (χ1) is 10.8. The van der Waals surface area contributed by atoms with Crippen molar-refractivity contribution < 1.29 is 0 Å². The maximum Gasteiger partial charge on any atom is 0.165 e. The van der Waals surface area contributed by atoms with Gasteiger partial charge in [-0.25, -0.2) is 15.0 Å². The van der Waals surface area contributed by atoms with Crippen molar-refractivity contribution in [2.45, 2.75) is 31.7 Å². The smallest absolute Gasteiger partial charge is 0.165 e. The summed E-state index contributed by atoms with van der Waals surface area (Å²) in [6.45, 7) is 3.80. The fourth-order valence-electron chi connectivity index (χ4n) is 2.92. The number of pyridine rings is 1. The Morgan fingerprint density at radius 2 is 2.00 bits per heavy atom. The van der Waals surface area contributed by atoms with Crippen LogP contribution >= 0.6 is 0 Å². The van der Waals surface area contributed by atoms with Gasteiger partial charge in [0.2, 0.25) is 0 Å². The van der Waals surface area contributed by atoms with Gasteiger partial charge >= 0.3 is 0 Å². The third kappa shape index (κ3) is 2.11. The SMILES string of the molecule is CCn1cnc2c(NCC3(c4ccncc4)CC3)ncnc21. The average Bonchev–Trinajstić information content (AvgIpc) is 3.25. The number of hydrogen-bond acceptors (Lipinski definition) is 5. The number of rotatable bonds is 5. The molecule has 1 fully saturated rings. The maximum atomic E-state index is 4.45. The number of nitrogens with one attached hydrogen (secondary N) is 1. The topological polar surface area (TPSA) is 68.5 Å². The van der Waals surface area contributed by atoms with Crippen LogP contribution in [0.4, 0.5) is 5.82 Å². The Bertz CT molecular complexity index is 791. The Morgan fingerprint density at radius 3 is 2.73 bits per heavy atom. The molecule has 0 aromatic carbocycles. The van der Waals surface area contributed by atoms with Gasteiger partial charge in [-0.15, -0.1) is 0 Å². The molecule has 3 aromatic heterocycles. The lowest BCUT2D eigenvalue weighted by Gasteiger charge is -2.16. The van der Waals surface area contributed by atoms with Crippen molar-refractivity contribution in [3.05, 3.63) is 42.7 Å². The van der Waals surface area contributed by atoms with Gasteiger partial charge in [0.25, 0.3) is 0 Å². The van der Waals surface area contributed by atoms with Crippen LogP contribution in [0.5, 0.6) is 0 Å². The molecule has 4 rings (SSSR count). The highest BCUT2D eigenvalue weighted by atomic mass is 15.1. The molecular weight excluding hydrogens is 276 g/mol. The fourth-order valence-corrected chi connectivity index (χ4v) is 2.92. The summed E-state index contributed by atoms with van der Waals surface area (Å²) in [5, 5.41) is 3.48. The van der Waals surface area contributed by atoms with Gasteiger partial charge in [0.15, 0.2) is 11.5 Å². The van der Waals surface area contributed by atoms with E-state index in [-0.39, 0.29) is 5.41 Å². The average molecular weight is 294 g/mol. The largest absolute Gasteiger partial charge is 0.367 e. The quantitative estimate of drug-likeness (QED) is 0.782.